The maximum Gasteiger partial charge on any atom is 0.337 e. The molecule has 0 aliphatic carbocycles. The van der Waals surface area contributed by atoms with Crippen molar-refractivity contribution < 1.29 is 14.3 Å². The number of aromatic nitrogens is 2. The second-order valence-corrected chi connectivity index (χ2v) is 9.61. The molecule has 0 bridgehead atoms. The van der Waals surface area contributed by atoms with Crippen molar-refractivity contribution in [1.82, 2.24) is 18.9 Å². The van der Waals surface area contributed by atoms with Crippen molar-refractivity contribution in [3.05, 3.63) is 98.9 Å². The average molecular weight is 519 g/mol. The number of likely N-dealkylation sites (N-methyl/N-ethyl adjacent to an activating group) is 1. The van der Waals surface area contributed by atoms with E-state index in [9.17, 15) is 14.4 Å². The van der Waals surface area contributed by atoms with Gasteiger partial charge in [0.05, 0.1) is 35.9 Å². The first-order chi connectivity index (χ1) is 17.9. The third-order valence-electron chi connectivity index (χ3n) is 6.74. The number of carbonyl (C=O) groups excluding carboxylic acids is 2. The lowest BCUT2D eigenvalue weighted by Gasteiger charge is -2.32. The normalized spacial score (nSPS) is 14.2. The van der Waals surface area contributed by atoms with Crippen molar-refractivity contribution in [2.45, 2.75) is 6.54 Å². The third kappa shape index (κ3) is 4.90. The van der Waals surface area contributed by atoms with E-state index in [0.29, 0.717) is 46.0 Å². The largest absolute Gasteiger partial charge is 0.465 e. The molecule has 3 aromatic carbocycles. The molecule has 2 heterocycles. The number of benzene rings is 3. The number of ether oxygens (including phenoxy) is 1. The highest BCUT2D eigenvalue weighted by molar-refractivity contribution is 6.31. The van der Waals surface area contributed by atoms with E-state index >= 15 is 0 Å². The lowest BCUT2D eigenvalue weighted by Crippen LogP contribution is -2.47. The fourth-order valence-corrected chi connectivity index (χ4v) is 4.84. The number of hydrogen-bond donors (Lipinski definition) is 0. The van der Waals surface area contributed by atoms with Crippen LogP contribution in [-0.2, 0) is 11.3 Å². The van der Waals surface area contributed by atoms with Crippen molar-refractivity contribution in [1.29, 1.82) is 0 Å². The molecule has 1 aliphatic rings. The second kappa shape index (κ2) is 10.2. The van der Waals surface area contributed by atoms with Crippen LogP contribution in [0.15, 0.2) is 71.5 Å². The minimum absolute atomic E-state index is 0.0112. The molecule has 9 heteroatoms. The number of amides is 1. The average Bonchev–Trinajstić information content (AvgIpc) is 3.18. The Morgan fingerprint density at radius 1 is 0.892 bits per heavy atom. The van der Waals surface area contributed by atoms with E-state index in [1.165, 1.54) is 7.11 Å². The predicted molar refractivity (Wildman–Crippen MR) is 143 cm³/mol. The molecule has 37 heavy (non-hydrogen) atoms. The summed E-state index contributed by atoms with van der Waals surface area (Å²) >= 11 is 6.30. The Hall–Kier alpha value is -3.88. The summed E-state index contributed by atoms with van der Waals surface area (Å²) in [5.41, 5.74) is 3.53. The molecule has 0 spiro atoms. The first-order valence-electron chi connectivity index (χ1n) is 12.0. The number of methoxy groups -OCH3 is 1. The first kappa shape index (κ1) is 24.8. The molecular weight excluding hydrogens is 492 g/mol. The monoisotopic (exact) mass is 518 g/mol. The molecule has 1 amide bonds. The van der Waals surface area contributed by atoms with Gasteiger partial charge in [0, 0.05) is 36.8 Å². The van der Waals surface area contributed by atoms with Gasteiger partial charge in [0.1, 0.15) is 0 Å². The molecule has 0 saturated carbocycles. The Morgan fingerprint density at radius 2 is 1.62 bits per heavy atom. The highest BCUT2D eigenvalue weighted by Gasteiger charge is 2.21. The Balaban J connectivity index is 1.51. The van der Waals surface area contributed by atoms with E-state index < -0.39 is 5.97 Å². The summed E-state index contributed by atoms with van der Waals surface area (Å²) in [7, 11) is 3.38. The fourth-order valence-electron chi connectivity index (χ4n) is 4.68. The number of hydrogen-bond acceptors (Lipinski definition) is 5. The number of esters is 1. The highest BCUT2D eigenvalue weighted by atomic mass is 35.5. The SMILES string of the molecule is COC(=O)c1cccc(Cn2c(=O)n(-c3ccc(C(=O)N4CCN(C)CC4)cc3)c3cc(Cl)ccc32)c1. The van der Waals surface area contributed by atoms with Gasteiger partial charge in [-0.05, 0) is 67.2 Å². The topological polar surface area (TPSA) is 76.8 Å². The van der Waals surface area contributed by atoms with Crippen LogP contribution in [0, 0.1) is 0 Å². The van der Waals surface area contributed by atoms with Crippen LogP contribution in [0.25, 0.3) is 16.7 Å². The van der Waals surface area contributed by atoms with Gasteiger partial charge in [-0.15, -0.1) is 0 Å². The lowest BCUT2D eigenvalue weighted by atomic mass is 10.1. The van der Waals surface area contributed by atoms with Gasteiger partial charge in [-0.1, -0.05) is 23.7 Å². The van der Waals surface area contributed by atoms with Gasteiger partial charge in [-0.2, -0.15) is 0 Å². The van der Waals surface area contributed by atoms with Crippen molar-refractivity contribution in [3.63, 3.8) is 0 Å². The van der Waals surface area contributed by atoms with E-state index in [0.717, 1.165) is 18.7 Å². The Morgan fingerprint density at radius 3 is 2.32 bits per heavy atom. The van der Waals surface area contributed by atoms with Gasteiger partial charge in [0.15, 0.2) is 0 Å². The summed E-state index contributed by atoms with van der Waals surface area (Å²) in [4.78, 5) is 42.7. The zero-order chi connectivity index (χ0) is 26.1. The van der Waals surface area contributed by atoms with E-state index in [4.69, 9.17) is 16.3 Å². The number of fused-ring (bicyclic) bond motifs is 1. The van der Waals surface area contributed by atoms with E-state index in [1.807, 2.05) is 24.1 Å². The van der Waals surface area contributed by atoms with Crippen molar-refractivity contribution in [3.8, 4) is 5.69 Å². The molecule has 1 saturated heterocycles. The predicted octanol–water partition coefficient (Wildman–Crippen LogP) is 3.67. The standard InChI is InChI=1S/C28H27ClN4O4/c1-30-12-14-31(15-13-30)26(34)20-6-9-23(10-7-20)33-25-17-22(29)8-11-24(25)32(28(33)36)18-19-4-3-5-21(16-19)27(35)37-2/h3-11,16-17H,12-15,18H2,1-2H3. The fraction of sp³-hybridized carbons (Fsp3) is 0.250. The van der Waals surface area contributed by atoms with Crippen molar-refractivity contribution in [2.24, 2.45) is 0 Å². The van der Waals surface area contributed by atoms with Crippen LogP contribution in [0.2, 0.25) is 5.02 Å². The van der Waals surface area contributed by atoms with E-state index in [1.54, 1.807) is 63.7 Å². The molecule has 0 N–H and O–H groups in total. The van der Waals surface area contributed by atoms with Crippen molar-refractivity contribution in [2.75, 3.05) is 40.3 Å². The van der Waals surface area contributed by atoms with E-state index in [2.05, 4.69) is 4.90 Å². The molecule has 0 unspecified atom stereocenters. The molecule has 4 aromatic rings. The van der Waals surface area contributed by atoms with Crippen LogP contribution in [0.1, 0.15) is 26.3 Å². The van der Waals surface area contributed by atoms with Gasteiger partial charge < -0.3 is 14.5 Å². The van der Waals surface area contributed by atoms with E-state index in [-0.39, 0.29) is 18.1 Å². The van der Waals surface area contributed by atoms with Crippen LogP contribution in [0.5, 0.6) is 0 Å². The second-order valence-electron chi connectivity index (χ2n) is 9.17. The van der Waals surface area contributed by atoms with Crippen LogP contribution >= 0.6 is 11.6 Å². The van der Waals surface area contributed by atoms with Gasteiger partial charge in [-0.3, -0.25) is 13.9 Å². The van der Waals surface area contributed by atoms with Gasteiger partial charge >= 0.3 is 11.7 Å². The Bertz CT molecular complexity index is 1530. The molecule has 0 radical (unpaired) electrons. The molecule has 8 nitrogen and oxygen atoms in total. The number of nitrogens with zero attached hydrogens (tertiary/aromatic N) is 4. The van der Waals surface area contributed by atoms with Gasteiger partial charge in [-0.25, -0.2) is 9.59 Å². The molecule has 1 fully saturated rings. The quantitative estimate of drug-likeness (QED) is 0.377. The summed E-state index contributed by atoms with van der Waals surface area (Å²) in [5, 5.41) is 0.507. The number of rotatable bonds is 5. The smallest absolute Gasteiger partial charge is 0.337 e. The Labute approximate surface area is 219 Å². The molecule has 190 valence electrons. The summed E-state index contributed by atoms with van der Waals surface area (Å²) < 4.78 is 8.06. The van der Waals surface area contributed by atoms with Crippen LogP contribution < -0.4 is 5.69 Å². The maximum absolute atomic E-state index is 13.7. The maximum atomic E-state index is 13.7. The minimum atomic E-state index is -0.436. The summed E-state index contributed by atoms with van der Waals surface area (Å²) in [6, 6.07) is 19.4. The number of halogens is 1. The third-order valence-corrected chi connectivity index (χ3v) is 6.98. The number of imidazole rings is 1. The number of piperazine rings is 1. The number of carbonyl (C=O) groups is 2. The molecule has 5 rings (SSSR count). The summed E-state index contributed by atoms with van der Waals surface area (Å²) in [6.07, 6.45) is 0. The van der Waals surface area contributed by atoms with Gasteiger partial charge in [0.2, 0.25) is 0 Å². The zero-order valence-electron chi connectivity index (χ0n) is 20.7. The van der Waals surface area contributed by atoms with Crippen LogP contribution in [0.3, 0.4) is 0 Å². The molecule has 1 aliphatic heterocycles. The highest BCUT2D eigenvalue weighted by Crippen LogP contribution is 2.23. The molecular formula is C28H27ClN4O4. The minimum Gasteiger partial charge on any atom is -0.465 e. The first-order valence-corrected chi connectivity index (χ1v) is 12.4. The molecule has 0 atom stereocenters. The Kier molecular flexibility index (Phi) is 6.86. The zero-order valence-corrected chi connectivity index (χ0v) is 21.4. The summed E-state index contributed by atoms with van der Waals surface area (Å²) in [6.45, 7) is 3.35. The van der Waals surface area contributed by atoms with Crippen LogP contribution in [-0.4, -0.2) is 71.1 Å². The molecule has 1 aromatic heterocycles. The van der Waals surface area contributed by atoms with Gasteiger partial charge in [0.25, 0.3) is 5.91 Å². The lowest BCUT2D eigenvalue weighted by molar-refractivity contribution is 0.0599. The van der Waals surface area contributed by atoms with Crippen molar-refractivity contribution >= 4 is 34.5 Å². The summed E-state index contributed by atoms with van der Waals surface area (Å²) in [5.74, 6) is -0.447. The van der Waals surface area contributed by atoms with Crippen LogP contribution in [0.4, 0.5) is 0 Å².